The van der Waals surface area contributed by atoms with Gasteiger partial charge in [0.25, 0.3) is 5.91 Å². The van der Waals surface area contributed by atoms with E-state index < -0.39 is 27.6 Å². The number of nitrogens with zero attached hydrogens (tertiary/aromatic N) is 3. The van der Waals surface area contributed by atoms with Gasteiger partial charge in [-0.05, 0) is 49.6 Å². The number of allylic oxidation sites excluding steroid dienone is 1. The Balaban J connectivity index is 1.67. The van der Waals surface area contributed by atoms with Crippen LogP contribution in [0, 0.1) is 11.6 Å². The van der Waals surface area contributed by atoms with Crippen molar-refractivity contribution >= 4 is 37.5 Å². The molecule has 0 bridgehead atoms. The lowest BCUT2D eigenvalue weighted by Crippen LogP contribution is -2.43. The van der Waals surface area contributed by atoms with E-state index in [0.717, 1.165) is 43.1 Å². The number of halogens is 2. The molecule has 34 heavy (non-hydrogen) atoms. The summed E-state index contributed by atoms with van der Waals surface area (Å²) in [6, 6.07) is 7.63. The minimum Gasteiger partial charge on any atom is -0.310 e. The molecule has 0 N–H and O–H groups in total. The first-order chi connectivity index (χ1) is 16.3. The number of thiazole rings is 1. The normalized spacial score (nSPS) is 17.9. The van der Waals surface area contributed by atoms with E-state index in [2.05, 4.69) is 11.6 Å². The average Bonchev–Trinajstić information content (AvgIpc) is 3.16. The largest absolute Gasteiger partial charge is 0.310 e. The molecule has 1 amide bonds. The summed E-state index contributed by atoms with van der Waals surface area (Å²) in [7, 11) is -3.66. The number of rotatable bonds is 6. The maximum Gasteiger partial charge on any atom is 0.279 e. The first kappa shape index (κ1) is 24.4. The molecular weight excluding hydrogens is 480 g/mol. The van der Waals surface area contributed by atoms with Crippen molar-refractivity contribution in [2.24, 2.45) is 4.99 Å². The summed E-state index contributed by atoms with van der Waals surface area (Å²) in [5, 5.41) is 0. The topological polar surface area (TPSA) is 71.7 Å². The molecule has 1 atom stereocenters. The lowest BCUT2D eigenvalue weighted by molar-refractivity contribution is 0.0997. The van der Waals surface area contributed by atoms with Gasteiger partial charge in [0.05, 0.1) is 15.1 Å². The van der Waals surface area contributed by atoms with Crippen LogP contribution >= 0.6 is 11.3 Å². The fourth-order valence-electron chi connectivity index (χ4n) is 4.27. The molecule has 1 aromatic heterocycles. The predicted molar refractivity (Wildman–Crippen MR) is 128 cm³/mol. The fraction of sp³-hybridized carbons (Fsp3) is 0.333. The number of hydrogen-bond acceptors (Lipinski definition) is 4. The summed E-state index contributed by atoms with van der Waals surface area (Å²) in [5.74, 6) is -2.08. The smallest absolute Gasteiger partial charge is 0.279 e. The van der Waals surface area contributed by atoms with Crippen LogP contribution in [0.2, 0.25) is 0 Å². The highest BCUT2D eigenvalue weighted by molar-refractivity contribution is 7.89. The third-order valence-electron chi connectivity index (χ3n) is 5.96. The molecule has 0 radical (unpaired) electrons. The number of sulfonamides is 1. The Morgan fingerprint density at radius 3 is 2.65 bits per heavy atom. The highest BCUT2D eigenvalue weighted by Crippen LogP contribution is 2.27. The lowest BCUT2D eigenvalue weighted by atomic mass is 10.0. The van der Waals surface area contributed by atoms with Crippen LogP contribution in [0.1, 0.15) is 43.0 Å². The molecule has 1 aliphatic rings. The van der Waals surface area contributed by atoms with Crippen LogP contribution in [0.25, 0.3) is 10.2 Å². The van der Waals surface area contributed by atoms with Gasteiger partial charge >= 0.3 is 0 Å². The highest BCUT2D eigenvalue weighted by Gasteiger charge is 2.32. The van der Waals surface area contributed by atoms with Gasteiger partial charge in [0.2, 0.25) is 10.0 Å². The number of hydrogen-bond donors (Lipinski definition) is 0. The van der Waals surface area contributed by atoms with Gasteiger partial charge in [0.1, 0.15) is 5.82 Å². The number of carbonyl (C=O) groups excluding carboxylic acids is 1. The summed E-state index contributed by atoms with van der Waals surface area (Å²) in [4.78, 5) is 17.3. The molecule has 1 saturated heterocycles. The minimum absolute atomic E-state index is 0.0199. The van der Waals surface area contributed by atoms with Crippen molar-refractivity contribution < 1.29 is 22.0 Å². The Labute approximate surface area is 200 Å². The van der Waals surface area contributed by atoms with Crippen molar-refractivity contribution in [1.82, 2.24) is 8.87 Å². The lowest BCUT2D eigenvalue weighted by Gasteiger charge is -2.34. The van der Waals surface area contributed by atoms with E-state index in [4.69, 9.17) is 0 Å². The van der Waals surface area contributed by atoms with Gasteiger partial charge in [-0.3, -0.25) is 4.79 Å². The van der Waals surface area contributed by atoms with Crippen LogP contribution in [-0.4, -0.2) is 35.8 Å². The molecule has 0 saturated carbocycles. The van der Waals surface area contributed by atoms with Gasteiger partial charge in [-0.2, -0.15) is 9.30 Å². The third-order valence-corrected chi connectivity index (χ3v) is 8.95. The van der Waals surface area contributed by atoms with Gasteiger partial charge in [0, 0.05) is 30.8 Å². The molecule has 2 aromatic carbocycles. The molecule has 4 rings (SSSR count). The monoisotopic (exact) mass is 505 g/mol. The molecule has 10 heteroatoms. The summed E-state index contributed by atoms with van der Waals surface area (Å²) < 4.78 is 57.7. The Morgan fingerprint density at radius 2 is 1.97 bits per heavy atom. The molecule has 1 unspecified atom stereocenters. The van der Waals surface area contributed by atoms with E-state index in [0.29, 0.717) is 11.2 Å². The van der Waals surface area contributed by atoms with Gasteiger partial charge in [-0.25, -0.2) is 17.2 Å². The summed E-state index contributed by atoms with van der Waals surface area (Å²) in [6.45, 7) is 6.30. The van der Waals surface area contributed by atoms with Crippen molar-refractivity contribution in [3.05, 3.63) is 71.1 Å². The standard InChI is InChI=1S/C24H25F2N3O3S2/c1-3-12-28-22-20(26)14-17(25)15-21(22)33-24(28)27-23(30)16-8-10-19(11-9-16)34(31,32)29-13-6-5-7-18(29)4-2/h3,8-11,14-15,18H,1,4-7,12-13H2,2H3. The zero-order valence-electron chi connectivity index (χ0n) is 18.7. The number of amides is 1. The number of piperidine rings is 1. The number of benzene rings is 2. The van der Waals surface area contributed by atoms with Gasteiger partial charge in [-0.15, -0.1) is 6.58 Å². The SMILES string of the molecule is C=CCn1c(=NC(=O)c2ccc(S(=O)(=O)N3CCCCC3CC)cc2)sc2cc(F)cc(F)c21. The van der Waals surface area contributed by atoms with Crippen LogP contribution in [0.5, 0.6) is 0 Å². The molecule has 2 heterocycles. The van der Waals surface area contributed by atoms with Crippen molar-refractivity contribution in [1.29, 1.82) is 0 Å². The first-order valence-corrected chi connectivity index (χ1v) is 13.3. The number of carbonyl (C=O) groups is 1. The molecular formula is C24H25F2N3O3S2. The Hall–Kier alpha value is -2.69. The maximum atomic E-state index is 14.4. The minimum atomic E-state index is -3.66. The summed E-state index contributed by atoms with van der Waals surface area (Å²) in [5.41, 5.74) is 0.338. The van der Waals surface area contributed by atoms with Crippen molar-refractivity contribution in [3.8, 4) is 0 Å². The predicted octanol–water partition coefficient (Wildman–Crippen LogP) is 4.86. The van der Waals surface area contributed by atoms with Crippen LogP contribution in [0.15, 0.2) is 58.9 Å². The van der Waals surface area contributed by atoms with Gasteiger partial charge < -0.3 is 4.57 Å². The summed E-state index contributed by atoms with van der Waals surface area (Å²) >= 11 is 0.989. The Kier molecular flexibility index (Phi) is 7.11. The second-order valence-electron chi connectivity index (χ2n) is 8.13. The zero-order chi connectivity index (χ0) is 24.5. The molecule has 0 aliphatic carbocycles. The fourth-order valence-corrected chi connectivity index (χ4v) is 7.11. The first-order valence-electron chi connectivity index (χ1n) is 11.1. The molecule has 1 fully saturated rings. The van der Waals surface area contributed by atoms with Crippen molar-refractivity contribution in [2.75, 3.05) is 6.54 Å². The van der Waals surface area contributed by atoms with E-state index in [1.807, 2.05) is 6.92 Å². The van der Waals surface area contributed by atoms with Crippen LogP contribution < -0.4 is 4.80 Å². The second-order valence-corrected chi connectivity index (χ2v) is 11.0. The Morgan fingerprint density at radius 1 is 1.24 bits per heavy atom. The summed E-state index contributed by atoms with van der Waals surface area (Å²) in [6.07, 6.45) is 4.96. The quantitative estimate of drug-likeness (QED) is 0.449. The van der Waals surface area contributed by atoms with Crippen LogP contribution in [0.3, 0.4) is 0 Å². The van der Waals surface area contributed by atoms with Gasteiger partial charge in [-0.1, -0.05) is 30.8 Å². The van der Waals surface area contributed by atoms with E-state index in [-0.39, 0.29) is 33.4 Å². The molecule has 1 aliphatic heterocycles. The van der Waals surface area contributed by atoms with Crippen molar-refractivity contribution in [2.45, 2.75) is 50.1 Å². The van der Waals surface area contributed by atoms with Crippen LogP contribution in [0.4, 0.5) is 8.78 Å². The molecule has 0 spiro atoms. The van der Waals surface area contributed by atoms with Gasteiger partial charge in [0.15, 0.2) is 10.6 Å². The molecule has 3 aromatic rings. The van der Waals surface area contributed by atoms with E-state index in [1.54, 1.807) is 4.31 Å². The third kappa shape index (κ3) is 4.62. The second kappa shape index (κ2) is 9.89. The number of aromatic nitrogens is 1. The zero-order valence-corrected chi connectivity index (χ0v) is 20.3. The maximum absolute atomic E-state index is 14.4. The molecule has 180 valence electrons. The number of fused-ring (bicyclic) bond motifs is 1. The van der Waals surface area contributed by atoms with E-state index >= 15 is 0 Å². The molecule has 6 nitrogen and oxygen atoms in total. The van der Waals surface area contributed by atoms with Crippen molar-refractivity contribution in [3.63, 3.8) is 0 Å². The van der Waals surface area contributed by atoms with E-state index in [9.17, 15) is 22.0 Å². The average molecular weight is 506 g/mol. The highest BCUT2D eigenvalue weighted by atomic mass is 32.2. The van der Waals surface area contributed by atoms with E-state index in [1.165, 1.54) is 41.0 Å². The Bertz CT molecular complexity index is 1410. The van der Waals surface area contributed by atoms with Crippen LogP contribution in [-0.2, 0) is 16.6 Å².